The van der Waals surface area contributed by atoms with E-state index in [0.717, 1.165) is 0 Å². The largest absolute Gasteiger partial charge is 0.479 e. The second-order valence-electron chi connectivity index (χ2n) is 3.20. The second kappa shape index (κ2) is 3.36. The minimum atomic E-state index is -1.52. The Morgan fingerprint density at radius 2 is 2.27 bits per heavy atom. The van der Waals surface area contributed by atoms with Crippen molar-refractivity contribution in [1.29, 1.82) is 0 Å². The lowest BCUT2D eigenvalue weighted by Gasteiger charge is -2.03. The van der Waals surface area contributed by atoms with Gasteiger partial charge in [-0.25, -0.2) is 9.78 Å². The molecule has 0 aliphatic heterocycles. The fourth-order valence-corrected chi connectivity index (χ4v) is 1.37. The molecule has 1 unspecified atom stereocenters. The van der Waals surface area contributed by atoms with E-state index < -0.39 is 12.1 Å². The SMILES string of the molecule is Cc1nc2cc(C(O)C(=O)O)ccc2o1. The van der Waals surface area contributed by atoms with Crippen molar-refractivity contribution >= 4 is 17.1 Å². The van der Waals surface area contributed by atoms with E-state index in [1.807, 2.05) is 0 Å². The number of hydrogen-bond donors (Lipinski definition) is 2. The standard InChI is InChI=1S/C10H9NO4/c1-5-11-7-4-6(9(12)10(13)14)2-3-8(7)15-5/h2-4,9,12H,1H3,(H,13,14). The van der Waals surface area contributed by atoms with Gasteiger partial charge in [-0.3, -0.25) is 0 Å². The summed E-state index contributed by atoms with van der Waals surface area (Å²) in [6, 6.07) is 4.60. The molecule has 2 aromatic rings. The van der Waals surface area contributed by atoms with Crippen LogP contribution >= 0.6 is 0 Å². The molecule has 15 heavy (non-hydrogen) atoms. The monoisotopic (exact) mass is 207 g/mol. The molecule has 1 atom stereocenters. The Hall–Kier alpha value is -1.88. The Morgan fingerprint density at radius 3 is 2.93 bits per heavy atom. The summed E-state index contributed by atoms with van der Waals surface area (Å²) in [5.74, 6) is -0.776. The van der Waals surface area contributed by atoms with E-state index >= 15 is 0 Å². The maximum atomic E-state index is 10.5. The molecular formula is C10H9NO4. The predicted molar refractivity (Wildman–Crippen MR) is 51.3 cm³/mol. The zero-order chi connectivity index (χ0) is 11.0. The van der Waals surface area contributed by atoms with Crippen LogP contribution < -0.4 is 0 Å². The summed E-state index contributed by atoms with van der Waals surface area (Å²) in [6.45, 7) is 1.70. The van der Waals surface area contributed by atoms with Gasteiger partial charge in [0.15, 0.2) is 17.6 Å². The predicted octanol–water partition coefficient (Wildman–Crippen LogP) is 1.25. The first-order valence-electron chi connectivity index (χ1n) is 4.36. The van der Waals surface area contributed by atoms with Gasteiger partial charge >= 0.3 is 5.97 Å². The van der Waals surface area contributed by atoms with Gasteiger partial charge in [-0.05, 0) is 17.7 Å². The molecule has 2 N–H and O–H groups in total. The Kier molecular flexibility index (Phi) is 2.17. The molecule has 5 nitrogen and oxygen atoms in total. The number of rotatable bonds is 2. The minimum Gasteiger partial charge on any atom is -0.479 e. The number of aliphatic carboxylic acids is 1. The molecule has 1 heterocycles. The maximum Gasteiger partial charge on any atom is 0.337 e. The number of carbonyl (C=O) groups is 1. The molecule has 0 bridgehead atoms. The van der Waals surface area contributed by atoms with Gasteiger partial charge in [0.1, 0.15) is 5.52 Å². The average Bonchev–Trinajstić information content (AvgIpc) is 2.55. The number of nitrogens with zero attached hydrogens (tertiary/aromatic N) is 1. The van der Waals surface area contributed by atoms with Gasteiger partial charge in [-0.15, -0.1) is 0 Å². The third-order valence-corrected chi connectivity index (χ3v) is 2.07. The lowest BCUT2D eigenvalue weighted by molar-refractivity contribution is -0.146. The number of fused-ring (bicyclic) bond motifs is 1. The van der Waals surface area contributed by atoms with E-state index in [-0.39, 0.29) is 0 Å². The normalized spacial score (nSPS) is 12.9. The second-order valence-corrected chi connectivity index (χ2v) is 3.20. The molecular weight excluding hydrogens is 198 g/mol. The Morgan fingerprint density at radius 1 is 1.53 bits per heavy atom. The van der Waals surface area contributed by atoms with E-state index in [9.17, 15) is 9.90 Å². The van der Waals surface area contributed by atoms with Crippen molar-refractivity contribution in [2.75, 3.05) is 0 Å². The number of aliphatic hydroxyl groups excluding tert-OH is 1. The molecule has 78 valence electrons. The van der Waals surface area contributed by atoms with Crippen LogP contribution in [0.4, 0.5) is 0 Å². The highest BCUT2D eigenvalue weighted by atomic mass is 16.4. The van der Waals surface area contributed by atoms with Crippen LogP contribution in [0.2, 0.25) is 0 Å². The molecule has 0 radical (unpaired) electrons. The first kappa shape index (κ1) is 9.67. The summed E-state index contributed by atoms with van der Waals surface area (Å²) >= 11 is 0. The zero-order valence-corrected chi connectivity index (χ0v) is 7.97. The van der Waals surface area contributed by atoms with Crippen molar-refractivity contribution < 1.29 is 19.4 Å². The van der Waals surface area contributed by atoms with Crippen LogP contribution in [0.15, 0.2) is 22.6 Å². The summed E-state index contributed by atoms with van der Waals surface area (Å²) < 4.78 is 5.22. The van der Waals surface area contributed by atoms with Gasteiger partial charge in [-0.1, -0.05) is 6.07 Å². The van der Waals surface area contributed by atoms with Crippen LogP contribution in [0.3, 0.4) is 0 Å². The average molecular weight is 207 g/mol. The summed E-state index contributed by atoms with van der Waals surface area (Å²) in [5, 5.41) is 17.9. The van der Waals surface area contributed by atoms with E-state index in [1.165, 1.54) is 12.1 Å². The molecule has 0 spiro atoms. The van der Waals surface area contributed by atoms with Gasteiger partial charge in [0.05, 0.1) is 0 Å². The van der Waals surface area contributed by atoms with Crippen molar-refractivity contribution in [2.45, 2.75) is 13.0 Å². The molecule has 0 amide bonds. The van der Waals surface area contributed by atoms with Crippen LogP contribution in [0.25, 0.3) is 11.1 Å². The van der Waals surface area contributed by atoms with Crippen molar-refractivity contribution in [1.82, 2.24) is 4.98 Å². The van der Waals surface area contributed by atoms with Crippen molar-refractivity contribution in [2.24, 2.45) is 0 Å². The molecule has 5 heteroatoms. The smallest absolute Gasteiger partial charge is 0.337 e. The number of aryl methyl sites for hydroxylation is 1. The fourth-order valence-electron chi connectivity index (χ4n) is 1.37. The Labute approximate surface area is 85.0 Å². The molecule has 1 aromatic carbocycles. The fraction of sp³-hybridized carbons (Fsp3) is 0.200. The third-order valence-electron chi connectivity index (χ3n) is 2.07. The van der Waals surface area contributed by atoms with E-state index in [2.05, 4.69) is 4.98 Å². The van der Waals surface area contributed by atoms with Gasteiger partial charge in [0.25, 0.3) is 0 Å². The van der Waals surface area contributed by atoms with Crippen molar-refractivity contribution in [3.05, 3.63) is 29.7 Å². The molecule has 2 rings (SSSR count). The number of carboxylic acids is 1. The Bertz CT molecular complexity index is 517. The van der Waals surface area contributed by atoms with Gasteiger partial charge in [-0.2, -0.15) is 0 Å². The third kappa shape index (κ3) is 1.69. The highest BCUT2D eigenvalue weighted by Crippen LogP contribution is 2.20. The lowest BCUT2D eigenvalue weighted by Crippen LogP contribution is -2.10. The Balaban J connectivity index is 2.50. The van der Waals surface area contributed by atoms with Crippen molar-refractivity contribution in [3.63, 3.8) is 0 Å². The number of benzene rings is 1. The van der Waals surface area contributed by atoms with Crippen LogP contribution in [-0.4, -0.2) is 21.2 Å². The number of hydrogen-bond acceptors (Lipinski definition) is 4. The lowest BCUT2D eigenvalue weighted by atomic mass is 10.1. The maximum absolute atomic E-state index is 10.5. The summed E-state index contributed by atoms with van der Waals surface area (Å²) in [4.78, 5) is 14.6. The topological polar surface area (TPSA) is 83.6 Å². The molecule has 1 aromatic heterocycles. The van der Waals surface area contributed by atoms with Crippen LogP contribution in [0.5, 0.6) is 0 Å². The van der Waals surface area contributed by atoms with Gasteiger partial charge in [0, 0.05) is 6.92 Å². The highest BCUT2D eigenvalue weighted by molar-refractivity contribution is 5.78. The molecule has 0 saturated heterocycles. The van der Waals surface area contributed by atoms with Crippen LogP contribution in [-0.2, 0) is 4.79 Å². The highest BCUT2D eigenvalue weighted by Gasteiger charge is 2.16. The molecule has 0 aliphatic carbocycles. The summed E-state index contributed by atoms with van der Waals surface area (Å²) in [6.07, 6.45) is -1.52. The number of aliphatic hydroxyl groups is 1. The van der Waals surface area contributed by atoms with Crippen LogP contribution in [0, 0.1) is 6.92 Å². The van der Waals surface area contributed by atoms with E-state index in [4.69, 9.17) is 9.52 Å². The van der Waals surface area contributed by atoms with E-state index in [0.29, 0.717) is 22.6 Å². The molecule has 0 aliphatic rings. The zero-order valence-electron chi connectivity index (χ0n) is 7.97. The first-order valence-corrected chi connectivity index (χ1v) is 4.36. The van der Waals surface area contributed by atoms with Crippen molar-refractivity contribution in [3.8, 4) is 0 Å². The number of aromatic nitrogens is 1. The number of carboxylic acid groups (broad SMARTS) is 1. The minimum absolute atomic E-state index is 0.295. The van der Waals surface area contributed by atoms with E-state index in [1.54, 1.807) is 13.0 Å². The van der Waals surface area contributed by atoms with Gasteiger partial charge < -0.3 is 14.6 Å². The quantitative estimate of drug-likeness (QED) is 0.774. The molecule has 0 saturated carbocycles. The van der Waals surface area contributed by atoms with Gasteiger partial charge in [0.2, 0.25) is 0 Å². The summed E-state index contributed by atoms with van der Waals surface area (Å²) in [5.41, 5.74) is 1.42. The first-order chi connectivity index (χ1) is 7.08. The summed E-state index contributed by atoms with van der Waals surface area (Å²) in [7, 11) is 0. The molecule has 0 fully saturated rings. The van der Waals surface area contributed by atoms with Crippen LogP contribution in [0.1, 0.15) is 17.6 Å². The number of oxazole rings is 1.